The summed E-state index contributed by atoms with van der Waals surface area (Å²) >= 11 is 0. The van der Waals surface area contributed by atoms with Crippen LogP contribution < -0.4 is 10.1 Å². The van der Waals surface area contributed by atoms with E-state index in [9.17, 15) is 4.79 Å². The number of para-hydroxylation sites is 1. The molecule has 0 aliphatic rings. The molecule has 1 heterocycles. The minimum atomic E-state index is -0.196. The zero-order valence-corrected chi connectivity index (χ0v) is 18.3. The van der Waals surface area contributed by atoms with E-state index in [0.29, 0.717) is 23.1 Å². The van der Waals surface area contributed by atoms with Crippen LogP contribution in [0.25, 0.3) is 22.8 Å². The number of aromatic nitrogens is 3. The highest BCUT2D eigenvalue weighted by Crippen LogP contribution is 2.24. The van der Waals surface area contributed by atoms with E-state index < -0.39 is 0 Å². The van der Waals surface area contributed by atoms with Gasteiger partial charge in [0.2, 0.25) is 5.91 Å². The standard InChI is InChI=1S/C28H22N4O2/c33-26(29-23-16-18-25(19-17-23)34-24-14-8-3-9-15-24)20-32-28(22-12-6-2-7-13-22)30-27(31-32)21-10-4-1-5-11-21/h1-19H,20H2,(H,29,33). The summed E-state index contributed by atoms with van der Waals surface area (Å²) in [4.78, 5) is 17.6. The fourth-order valence-electron chi connectivity index (χ4n) is 3.53. The lowest BCUT2D eigenvalue weighted by Gasteiger charge is -2.09. The number of hydrogen-bond acceptors (Lipinski definition) is 4. The van der Waals surface area contributed by atoms with Gasteiger partial charge in [0.15, 0.2) is 11.6 Å². The third kappa shape index (κ3) is 5.02. The number of hydrogen-bond donors (Lipinski definition) is 1. The highest BCUT2D eigenvalue weighted by molar-refractivity contribution is 5.90. The normalized spacial score (nSPS) is 10.6. The largest absolute Gasteiger partial charge is 0.457 e. The molecule has 1 aromatic heterocycles. The molecule has 6 nitrogen and oxygen atoms in total. The van der Waals surface area contributed by atoms with Gasteiger partial charge in [-0.2, -0.15) is 0 Å². The quantitative estimate of drug-likeness (QED) is 0.331. The Labute approximate surface area is 197 Å². The van der Waals surface area contributed by atoms with Crippen molar-refractivity contribution in [2.45, 2.75) is 6.54 Å². The lowest BCUT2D eigenvalue weighted by molar-refractivity contribution is -0.116. The molecule has 4 aromatic carbocycles. The van der Waals surface area contributed by atoms with Crippen LogP contribution in [0, 0.1) is 0 Å². The minimum Gasteiger partial charge on any atom is -0.457 e. The van der Waals surface area contributed by atoms with Crippen molar-refractivity contribution in [3.05, 3.63) is 115 Å². The topological polar surface area (TPSA) is 69.0 Å². The second-order valence-electron chi connectivity index (χ2n) is 7.64. The Morgan fingerprint density at radius 2 is 1.26 bits per heavy atom. The van der Waals surface area contributed by atoms with Crippen molar-refractivity contribution in [2.24, 2.45) is 0 Å². The molecule has 1 N–H and O–H groups in total. The van der Waals surface area contributed by atoms with Gasteiger partial charge in [-0.25, -0.2) is 9.67 Å². The summed E-state index contributed by atoms with van der Waals surface area (Å²) in [7, 11) is 0. The van der Waals surface area contributed by atoms with E-state index in [2.05, 4.69) is 10.4 Å². The number of carbonyl (C=O) groups is 1. The summed E-state index contributed by atoms with van der Waals surface area (Å²) in [5.74, 6) is 2.47. The molecule has 0 bridgehead atoms. The van der Waals surface area contributed by atoms with Crippen LogP contribution in [-0.4, -0.2) is 20.7 Å². The first-order chi connectivity index (χ1) is 16.7. The van der Waals surface area contributed by atoms with Crippen LogP contribution in [0.1, 0.15) is 0 Å². The van der Waals surface area contributed by atoms with Gasteiger partial charge >= 0.3 is 0 Å². The second kappa shape index (κ2) is 9.83. The summed E-state index contributed by atoms with van der Waals surface area (Å²) < 4.78 is 7.45. The molecule has 0 unspecified atom stereocenters. The fraction of sp³-hybridized carbons (Fsp3) is 0.0357. The minimum absolute atomic E-state index is 0.0341. The van der Waals surface area contributed by atoms with E-state index in [0.717, 1.165) is 16.9 Å². The van der Waals surface area contributed by atoms with Gasteiger partial charge in [0.25, 0.3) is 0 Å². The smallest absolute Gasteiger partial charge is 0.246 e. The van der Waals surface area contributed by atoms with Crippen molar-refractivity contribution in [3.63, 3.8) is 0 Å². The van der Waals surface area contributed by atoms with Crippen molar-refractivity contribution in [2.75, 3.05) is 5.32 Å². The van der Waals surface area contributed by atoms with Gasteiger partial charge in [-0.15, -0.1) is 5.10 Å². The number of benzene rings is 4. The Morgan fingerprint density at radius 3 is 1.91 bits per heavy atom. The molecule has 166 valence electrons. The number of ether oxygens (including phenoxy) is 1. The van der Waals surface area contributed by atoms with Gasteiger partial charge in [-0.3, -0.25) is 4.79 Å². The lowest BCUT2D eigenvalue weighted by Crippen LogP contribution is -2.20. The van der Waals surface area contributed by atoms with E-state index in [4.69, 9.17) is 9.72 Å². The number of rotatable bonds is 7. The lowest BCUT2D eigenvalue weighted by atomic mass is 10.2. The maximum Gasteiger partial charge on any atom is 0.246 e. The number of amides is 1. The van der Waals surface area contributed by atoms with E-state index in [-0.39, 0.29) is 12.5 Å². The van der Waals surface area contributed by atoms with Crippen LogP contribution >= 0.6 is 0 Å². The SMILES string of the molecule is O=C(Cn1nc(-c2ccccc2)nc1-c1ccccc1)Nc1ccc(Oc2ccccc2)cc1. The van der Waals surface area contributed by atoms with Crippen LogP contribution in [0.4, 0.5) is 5.69 Å². The van der Waals surface area contributed by atoms with Gasteiger partial charge in [0.05, 0.1) is 0 Å². The molecule has 6 heteroatoms. The predicted octanol–water partition coefficient (Wildman–Crippen LogP) is 6.04. The third-order valence-electron chi connectivity index (χ3n) is 5.15. The van der Waals surface area contributed by atoms with Gasteiger partial charge in [-0.05, 0) is 36.4 Å². The van der Waals surface area contributed by atoms with Crippen LogP contribution in [-0.2, 0) is 11.3 Å². The summed E-state index contributed by atoms with van der Waals surface area (Å²) in [6.45, 7) is 0.0341. The molecule has 0 saturated heterocycles. The Morgan fingerprint density at radius 1 is 0.706 bits per heavy atom. The summed E-state index contributed by atoms with van der Waals surface area (Å²) in [6, 6.07) is 36.3. The maximum absolute atomic E-state index is 12.9. The number of anilines is 1. The molecule has 0 radical (unpaired) electrons. The molecule has 0 spiro atoms. The zero-order chi connectivity index (χ0) is 23.2. The van der Waals surface area contributed by atoms with E-state index in [1.165, 1.54) is 0 Å². The molecule has 1 amide bonds. The highest BCUT2D eigenvalue weighted by atomic mass is 16.5. The van der Waals surface area contributed by atoms with Crippen molar-refractivity contribution in [1.82, 2.24) is 14.8 Å². The molecule has 0 atom stereocenters. The molecule has 5 rings (SSSR count). The molecule has 0 aliphatic heterocycles. The van der Waals surface area contributed by atoms with Crippen LogP contribution in [0.3, 0.4) is 0 Å². The maximum atomic E-state index is 12.9. The summed E-state index contributed by atoms with van der Waals surface area (Å²) in [5.41, 5.74) is 2.47. The van der Waals surface area contributed by atoms with E-state index in [1.807, 2.05) is 115 Å². The fourth-order valence-corrected chi connectivity index (χ4v) is 3.53. The summed E-state index contributed by atoms with van der Waals surface area (Å²) in [6.07, 6.45) is 0. The van der Waals surface area contributed by atoms with Gasteiger partial charge in [-0.1, -0.05) is 78.9 Å². The third-order valence-corrected chi connectivity index (χ3v) is 5.15. The van der Waals surface area contributed by atoms with Crippen LogP contribution in [0.2, 0.25) is 0 Å². The van der Waals surface area contributed by atoms with Gasteiger partial charge < -0.3 is 10.1 Å². The molecule has 34 heavy (non-hydrogen) atoms. The Kier molecular flexibility index (Phi) is 6.12. The Balaban J connectivity index is 1.32. The monoisotopic (exact) mass is 446 g/mol. The number of carbonyl (C=O) groups excluding carboxylic acids is 1. The van der Waals surface area contributed by atoms with Crippen molar-refractivity contribution < 1.29 is 9.53 Å². The molecule has 0 fully saturated rings. The molecule has 0 aliphatic carbocycles. The van der Waals surface area contributed by atoms with Gasteiger partial charge in [0, 0.05) is 16.8 Å². The molecular formula is C28H22N4O2. The molecule has 0 saturated carbocycles. The Bertz CT molecular complexity index is 1370. The molecule has 5 aromatic rings. The van der Waals surface area contributed by atoms with E-state index >= 15 is 0 Å². The Hall–Kier alpha value is -4.71. The van der Waals surface area contributed by atoms with E-state index in [1.54, 1.807) is 4.68 Å². The van der Waals surface area contributed by atoms with Crippen LogP contribution in [0.15, 0.2) is 115 Å². The molecular weight excluding hydrogens is 424 g/mol. The second-order valence-corrected chi connectivity index (χ2v) is 7.64. The average Bonchev–Trinajstić information content (AvgIpc) is 3.30. The average molecular weight is 447 g/mol. The summed E-state index contributed by atoms with van der Waals surface area (Å²) in [5, 5.41) is 7.55. The first-order valence-electron chi connectivity index (χ1n) is 10.9. The predicted molar refractivity (Wildman–Crippen MR) is 132 cm³/mol. The first kappa shape index (κ1) is 21.2. The zero-order valence-electron chi connectivity index (χ0n) is 18.3. The van der Waals surface area contributed by atoms with Gasteiger partial charge in [0.1, 0.15) is 18.0 Å². The van der Waals surface area contributed by atoms with Crippen molar-refractivity contribution in [1.29, 1.82) is 0 Å². The van der Waals surface area contributed by atoms with Crippen molar-refractivity contribution >= 4 is 11.6 Å². The first-order valence-corrected chi connectivity index (χ1v) is 10.9. The number of nitrogens with one attached hydrogen (secondary N) is 1. The number of nitrogens with zero attached hydrogens (tertiary/aromatic N) is 3. The highest BCUT2D eigenvalue weighted by Gasteiger charge is 2.16. The van der Waals surface area contributed by atoms with Crippen molar-refractivity contribution in [3.8, 4) is 34.3 Å². The van der Waals surface area contributed by atoms with Crippen LogP contribution in [0.5, 0.6) is 11.5 Å².